The van der Waals surface area contributed by atoms with Crippen molar-refractivity contribution in [3.63, 3.8) is 0 Å². The Morgan fingerprint density at radius 1 is 1.29 bits per heavy atom. The van der Waals surface area contributed by atoms with Crippen molar-refractivity contribution in [3.8, 4) is 0 Å². The maximum absolute atomic E-state index is 7.45. The molecule has 0 bridgehead atoms. The van der Waals surface area contributed by atoms with Crippen LogP contribution in [0, 0.1) is 11.3 Å². The first kappa shape index (κ1) is 14.5. The number of hydrogen-bond donors (Lipinski definition) is 2. The summed E-state index contributed by atoms with van der Waals surface area (Å²) in [7, 11) is 2.22. The van der Waals surface area contributed by atoms with Crippen LogP contribution in [0.2, 0.25) is 0 Å². The molecular formula is C14H29N3. The minimum atomic E-state index is 0.325. The van der Waals surface area contributed by atoms with Crippen molar-refractivity contribution >= 4 is 5.84 Å². The Morgan fingerprint density at radius 2 is 1.88 bits per heavy atom. The number of nitrogens with zero attached hydrogens (tertiary/aromatic N) is 1. The first-order valence-corrected chi connectivity index (χ1v) is 7.13. The largest absolute Gasteiger partial charge is 0.388 e. The van der Waals surface area contributed by atoms with Gasteiger partial charge in [-0.25, -0.2) is 0 Å². The summed E-state index contributed by atoms with van der Waals surface area (Å²) in [5, 5.41) is 7.45. The highest BCUT2D eigenvalue weighted by atomic mass is 15.2. The lowest BCUT2D eigenvalue weighted by Crippen LogP contribution is -2.43. The van der Waals surface area contributed by atoms with Crippen LogP contribution in [0.3, 0.4) is 0 Å². The zero-order valence-corrected chi connectivity index (χ0v) is 11.7. The summed E-state index contributed by atoms with van der Waals surface area (Å²) in [5.74, 6) is 1.28. The van der Waals surface area contributed by atoms with E-state index in [1.807, 2.05) is 0 Å². The molecule has 1 aliphatic rings. The molecule has 0 spiro atoms. The highest BCUT2D eigenvalue weighted by Crippen LogP contribution is 2.30. The predicted molar refractivity (Wildman–Crippen MR) is 74.4 cm³/mol. The maximum Gasteiger partial charge on any atom is 0.0921 e. The molecule has 0 aromatic heterocycles. The molecule has 1 saturated carbocycles. The first-order valence-electron chi connectivity index (χ1n) is 7.13. The lowest BCUT2D eigenvalue weighted by atomic mass is 9.83. The van der Waals surface area contributed by atoms with Gasteiger partial charge in [-0.05, 0) is 45.1 Å². The fourth-order valence-electron chi connectivity index (χ4n) is 3.09. The van der Waals surface area contributed by atoms with Crippen LogP contribution >= 0.6 is 0 Å². The summed E-state index contributed by atoms with van der Waals surface area (Å²) >= 11 is 0. The standard InChI is InChI=1S/C14H29N3/c1-4-11-6-8-13(9-7-11)17(3)12(5-2)10-14(15)16/h11-13H,4-10H2,1-3H3,(H3,15,16). The van der Waals surface area contributed by atoms with Gasteiger partial charge in [0.2, 0.25) is 0 Å². The van der Waals surface area contributed by atoms with Gasteiger partial charge in [-0.1, -0.05) is 20.3 Å². The highest BCUT2D eigenvalue weighted by Gasteiger charge is 2.26. The minimum absolute atomic E-state index is 0.325. The van der Waals surface area contributed by atoms with Crippen LogP contribution < -0.4 is 5.73 Å². The molecule has 1 rings (SSSR count). The van der Waals surface area contributed by atoms with E-state index in [1.54, 1.807) is 0 Å². The van der Waals surface area contributed by atoms with E-state index in [0.717, 1.165) is 18.8 Å². The van der Waals surface area contributed by atoms with Crippen LogP contribution in [-0.4, -0.2) is 29.9 Å². The summed E-state index contributed by atoms with van der Waals surface area (Å²) in [4.78, 5) is 2.48. The van der Waals surface area contributed by atoms with Crippen molar-refractivity contribution in [1.82, 2.24) is 4.90 Å². The summed E-state index contributed by atoms with van der Waals surface area (Å²) in [6.07, 6.45) is 8.54. The Balaban J connectivity index is 2.45. The van der Waals surface area contributed by atoms with Gasteiger partial charge in [0.05, 0.1) is 5.84 Å². The molecule has 0 aliphatic heterocycles. The molecule has 0 amide bonds. The highest BCUT2D eigenvalue weighted by molar-refractivity contribution is 5.77. The topological polar surface area (TPSA) is 53.1 Å². The molecule has 0 aromatic rings. The molecule has 0 radical (unpaired) electrons. The van der Waals surface area contributed by atoms with Crippen LogP contribution in [-0.2, 0) is 0 Å². The van der Waals surface area contributed by atoms with E-state index in [9.17, 15) is 0 Å². The van der Waals surface area contributed by atoms with E-state index < -0.39 is 0 Å². The Kier molecular flexibility index (Phi) is 5.96. The Hall–Kier alpha value is -0.570. The maximum atomic E-state index is 7.45. The Labute approximate surface area is 106 Å². The predicted octanol–water partition coefficient (Wildman–Crippen LogP) is 2.99. The second kappa shape index (κ2) is 7.00. The lowest BCUT2D eigenvalue weighted by molar-refractivity contribution is 0.119. The van der Waals surface area contributed by atoms with Gasteiger partial charge in [0.1, 0.15) is 0 Å². The number of hydrogen-bond acceptors (Lipinski definition) is 2. The quantitative estimate of drug-likeness (QED) is 0.553. The normalized spacial score (nSPS) is 27.1. The number of amidine groups is 1. The van der Waals surface area contributed by atoms with E-state index >= 15 is 0 Å². The van der Waals surface area contributed by atoms with Gasteiger partial charge in [0.15, 0.2) is 0 Å². The Bertz CT molecular complexity index is 232. The number of nitrogens with two attached hydrogens (primary N) is 1. The van der Waals surface area contributed by atoms with E-state index in [2.05, 4.69) is 25.8 Å². The lowest BCUT2D eigenvalue weighted by Gasteiger charge is -2.38. The molecule has 17 heavy (non-hydrogen) atoms. The molecule has 3 N–H and O–H groups in total. The number of nitrogens with one attached hydrogen (secondary N) is 1. The molecular weight excluding hydrogens is 210 g/mol. The van der Waals surface area contributed by atoms with E-state index in [1.165, 1.54) is 32.1 Å². The zero-order chi connectivity index (χ0) is 12.8. The van der Waals surface area contributed by atoms with Crippen LogP contribution in [0.4, 0.5) is 0 Å². The van der Waals surface area contributed by atoms with Crippen LogP contribution in [0.15, 0.2) is 0 Å². The van der Waals surface area contributed by atoms with Crippen LogP contribution in [0.25, 0.3) is 0 Å². The van der Waals surface area contributed by atoms with Crippen LogP contribution in [0.5, 0.6) is 0 Å². The third-order valence-electron chi connectivity index (χ3n) is 4.47. The van der Waals surface area contributed by atoms with Gasteiger partial charge in [-0.15, -0.1) is 0 Å². The molecule has 0 heterocycles. The smallest absolute Gasteiger partial charge is 0.0921 e. The van der Waals surface area contributed by atoms with E-state index in [-0.39, 0.29) is 0 Å². The van der Waals surface area contributed by atoms with Crippen molar-refractivity contribution in [2.75, 3.05) is 7.05 Å². The van der Waals surface area contributed by atoms with E-state index in [4.69, 9.17) is 11.1 Å². The minimum Gasteiger partial charge on any atom is -0.388 e. The molecule has 0 aromatic carbocycles. The van der Waals surface area contributed by atoms with Crippen molar-refractivity contribution < 1.29 is 0 Å². The Morgan fingerprint density at radius 3 is 2.29 bits per heavy atom. The third kappa shape index (κ3) is 4.30. The third-order valence-corrected chi connectivity index (χ3v) is 4.47. The molecule has 1 atom stereocenters. The average molecular weight is 239 g/mol. The molecule has 100 valence electrons. The fourth-order valence-corrected chi connectivity index (χ4v) is 3.09. The second-order valence-electron chi connectivity index (χ2n) is 5.54. The SMILES string of the molecule is CCC1CCC(N(C)C(CC)CC(=N)N)CC1. The molecule has 0 saturated heterocycles. The van der Waals surface area contributed by atoms with Crippen molar-refractivity contribution in [2.24, 2.45) is 11.7 Å². The molecule has 1 unspecified atom stereocenters. The summed E-state index contributed by atoms with van der Waals surface area (Å²) in [6, 6.07) is 1.16. The zero-order valence-electron chi connectivity index (χ0n) is 11.7. The summed E-state index contributed by atoms with van der Waals surface area (Å²) < 4.78 is 0. The fraction of sp³-hybridized carbons (Fsp3) is 0.929. The number of rotatable bonds is 6. The first-order chi connectivity index (χ1) is 8.08. The molecule has 3 nitrogen and oxygen atoms in total. The van der Waals surface area contributed by atoms with Gasteiger partial charge in [-0.2, -0.15) is 0 Å². The summed E-state index contributed by atoms with van der Waals surface area (Å²) in [5.41, 5.74) is 5.54. The van der Waals surface area contributed by atoms with Crippen molar-refractivity contribution in [2.45, 2.75) is 70.9 Å². The molecule has 3 heteroatoms. The average Bonchev–Trinajstić information content (AvgIpc) is 2.35. The van der Waals surface area contributed by atoms with Crippen molar-refractivity contribution in [3.05, 3.63) is 0 Å². The van der Waals surface area contributed by atoms with Gasteiger partial charge in [0, 0.05) is 18.5 Å². The second-order valence-corrected chi connectivity index (χ2v) is 5.54. The van der Waals surface area contributed by atoms with Crippen LogP contribution in [0.1, 0.15) is 58.8 Å². The van der Waals surface area contributed by atoms with Gasteiger partial charge < -0.3 is 10.6 Å². The molecule has 1 fully saturated rings. The van der Waals surface area contributed by atoms with Crippen molar-refractivity contribution in [1.29, 1.82) is 5.41 Å². The van der Waals surface area contributed by atoms with E-state index in [0.29, 0.717) is 17.9 Å². The monoisotopic (exact) mass is 239 g/mol. The summed E-state index contributed by atoms with van der Waals surface area (Å²) in [6.45, 7) is 4.50. The van der Waals surface area contributed by atoms with Gasteiger partial charge in [-0.3, -0.25) is 5.41 Å². The molecule has 1 aliphatic carbocycles. The van der Waals surface area contributed by atoms with Gasteiger partial charge >= 0.3 is 0 Å². The van der Waals surface area contributed by atoms with Gasteiger partial charge in [0.25, 0.3) is 0 Å².